The number of carbonyl (C=O) groups is 1. The SMILES string of the molecule is Cn1nc2c(c1Cc1cccc(I)c1)C(=O)CCC2. The molecule has 3 nitrogen and oxygen atoms in total. The van der Waals surface area contributed by atoms with E-state index in [0.29, 0.717) is 6.42 Å². The summed E-state index contributed by atoms with van der Waals surface area (Å²) < 4.78 is 3.10. The van der Waals surface area contributed by atoms with Gasteiger partial charge in [-0.2, -0.15) is 5.10 Å². The molecule has 0 amide bonds. The molecule has 3 rings (SSSR count). The molecule has 1 aliphatic carbocycles. The zero-order valence-corrected chi connectivity index (χ0v) is 13.0. The largest absolute Gasteiger partial charge is 0.294 e. The number of hydrogen-bond acceptors (Lipinski definition) is 2. The van der Waals surface area contributed by atoms with Crippen LogP contribution in [-0.2, 0) is 19.9 Å². The summed E-state index contributed by atoms with van der Waals surface area (Å²) in [6.45, 7) is 0. The van der Waals surface area contributed by atoms with Crippen molar-refractivity contribution in [1.82, 2.24) is 9.78 Å². The van der Waals surface area contributed by atoms with Crippen LogP contribution in [-0.4, -0.2) is 15.6 Å². The highest BCUT2D eigenvalue weighted by Crippen LogP contribution is 2.25. The predicted octanol–water partition coefficient (Wildman–Crippen LogP) is 3.13. The third-order valence-corrected chi connectivity index (χ3v) is 4.27. The number of fused-ring (bicyclic) bond motifs is 1. The second-order valence-corrected chi connectivity index (χ2v) is 6.22. The monoisotopic (exact) mass is 366 g/mol. The van der Waals surface area contributed by atoms with Crippen LogP contribution in [0.15, 0.2) is 24.3 Å². The van der Waals surface area contributed by atoms with E-state index in [1.165, 1.54) is 9.13 Å². The van der Waals surface area contributed by atoms with Gasteiger partial charge >= 0.3 is 0 Å². The number of aryl methyl sites for hydroxylation is 2. The number of carbonyl (C=O) groups excluding carboxylic acids is 1. The van der Waals surface area contributed by atoms with Gasteiger partial charge in [0.05, 0.1) is 17.0 Å². The number of hydrogen-bond donors (Lipinski definition) is 0. The first-order valence-corrected chi connectivity index (χ1v) is 7.55. The highest BCUT2D eigenvalue weighted by atomic mass is 127. The Hall–Kier alpha value is -1.17. The van der Waals surface area contributed by atoms with Crippen molar-refractivity contribution in [2.24, 2.45) is 7.05 Å². The molecule has 0 fully saturated rings. The molecule has 0 N–H and O–H groups in total. The third-order valence-electron chi connectivity index (χ3n) is 3.60. The molecular formula is C15H15IN2O. The number of benzene rings is 1. The fourth-order valence-corrected chi connectivity index (χ4v) is 3.31. The molecule has 0 unspecified atom stereocenters. The van der Waals surface area contributed by atoms with E-state index in [0.717, 1.165) is 36.2 Å². The van der Waals surface area contributed by atoms with Gasteiger partial charge in [-0.05, 0) is 53.1 Å². The molecule has 0 atom stereocenters. The summed E-state index contributed by atoms with van der Waals surface area (Å²) in [5.41, 5.74) is 4.16. The highest BCUT2D eigenvalue weighted by molar-refractivity contribution is 14.1. The van der Waals surface area contributed by atoms with Crippen molar-refractivity contribution in [2.45, 2.75) is 25.7 Å². The van der Waals surface area contributed by atoms with Gasteiger partial charge in [-0.3, -0.25) is 9.48 Å². The Morgan fingerprint density at radius 3 is 3.00 bits per heavy atom. The van der Waals surface area contributed by atoms with Crippen LogP contribution in [0.4, 0.5) is 0 Å². The Balaban J connectivity index is 2.01. The zero-order valence-electron chi connectivity index (χ0n) is 10.8. The number of Topliss-reactive ketones (excluding diaryl/α,β-unsaturated/α-hetero) is 1. The first-order chi connectivity index (χ1) is 9.15. The summed E-state index contributed by atoms with van der Waals surface area (Å²) in [7, 11) is 1.94. The van der Waals surface area contributed by atoms with Crippen LogP contribution < -0.4 is 0 Å². The molecule has 0 saturated heterocycles. The van der Waals surface area contributed by atoms with Crippen LogP contribution >= 0.6 is 22.6 Å². The number of nitrogens with zero attached hydrogens (tertiary/aromatic N) is 2. The lowest BCUT2D eigenvalue weighted by molar-refractivity contribution is 0.0971. The average molecular weight is 366 g/mol. The number of rotatable bonds is 2. The van der Waals surface area contributed by atoms with E-state index in [2.05, 4.69) is 52.0 Å². The van der Waals surface area contributed by atoms with Crippen molar-refractivity contribution in [3.63, 3.8) is 0 Å². The molecule has 4 heteroatoms. The standard InChI is InChI=1S/C15H15IN2O/c1-18-13(9-10-4-2-5-11(16)8-10)15-12(17-18)6-3-7-14(15)19/h2,4-5,8H,3,6-7,9H2,1H3. The van der Waals surface area contributed by atoms with E-state index in [4.69, 9.17) is 0 Å². The molecule has 0 saturated carbocycles. The van der Waals surface area contributed by atoms with Crippen LogP contribution in [0.25, 0.3) is 0 Å². The van der Waals surface area contributed by atoms with E-state index in [1.807, 2.05) is 11.7 Å². The first-order valence-electron chi connectivity index (χ1n) is 6.47. The normalized spacial score (nSPS) is 14.5. The van der Waals surface area contributed by atoms with Crippen LogP contribution in [0.5, 0.6) is 0 Å². The lowest BCUT2D eigenvalue weighted by atomic mass is 9.92. The second kappa shape index (κ2) is 5.07. The molecule has 0 radical (unpaired) electrons. The van der Waals surface area contributed by atoms with Crippen molar-refractivity contribution in [1.29, 1.82) is 0 Å². The van der Waals surface area contributed by atoms with Crippen LogP contribution in [0, 0.1) is 3.57 Å². The van der Waals surface area contributed by atoms with E-state index in [1.54, 1.807) is 0 Å². The maximum atomic E-state index is 12.1. The minimum Gasteiger partial charge on any atom is -0.294 e. The Bertz CT molecular complexity index is 646. The van der Waals surface area contributed by atoms with Crippen molar-refractivity contribution in [3.8, 4) is 0 Å². The number of ketones is 1. The Morgan fingerprint density at radius 1 is 1.37 bits per heavy atom. The molecule has 1 heterocycles. The second-order valence-electron chi connectivity index (χ2n) is 4.98. The highest BCUT2D eigenvalue weighted by Gasteiger charge is 2.25. The van der Waals surface area contributed by atoms with E-state index in [-0.39, 0.29) is 5.78 Å². The summed E-state index contributed by atoms with van der Waals surface area (Å²) in [6, 6.07) is 8.40. The van der Waals surface area contributed by atoms with Gasteiger partial charge in [-0.25, -0.2) is 0 Å². The lowest BCUT2D eigenvalue weighted by Gasteiger charge is -2.10. The summed E-state index contributed by atoms with van der Waals surface area (Å²) in [4.78, 5) is 12.1. The van der Waals surface area contributed by atoms with Crippen molar-refractivity contribution < 1.29 is 4.79 Å². The molecule has 0 bridgehead atoms. The maximum absolute atomic E-state index is 12.1. The minimum absolute atomic E-state index is 0.259. The van der Waals surface area contributed by atoms with Gasteiger partial charge in [0.25, 0.3) is 0 Å². The first kappa shape index (κ1) is 12.8. The van der Waals surface area contributed by atoms with E-state index < -0.39 is 0 Å². The minimum atomic E-state index is 0.259. The van der Waals surface area contributed by atoms with Gasteiger partial charge in [0.1, 0.15) is 0 Å². The molecule has 19 heavy (non-hydrogen) atoms. The molecular weight excluding hydrogens is 351 g/mol. The molecule has 0 aliphatic heterocycles. The summed E-state index contributed by atoms with van der Waals surface area (Å²) in [6.07, 6.45) is 3.31. The topological polar surface area (TPSA) is 34.9 Å². The third kappa shape index (κ3) is 2.45. The number of halogens is 1. The van der Waals surface area contributed by atoms with Gasteiger partial charge < -0.3 is 0 Å². The lowest BCUT2D eigenvalue weighted by Crippen LogP contribution is -2.11. The number of aromatic nitrogens is 2. The Morgan fingerprint density at radius 2 is 2.21 bits per heavy atom. The van der Waals surface area contributed by atoms with Gasteiger partial charge in [-0.1, -0.05) is 12.1 Å². The molecule has 1 aromatic heterocycles. The van der Waals surface area contributed by atoms with E-state index >= 15 is 0 Å². The Labute approximate surface area is 126 Å². The quantitative estimate of drug-likeness (QED) is 0.766. The predicted molar refractivity (Wildman–Crippen MR) is 82.4 cm³/mol. The fourth-order valence-electron chi connectivity index (χ4n) is 2.70. The zero-order chi connectivity index (χ0) is 13.4. The van der Waals surface area contributed by atoms with Crippen molar-refractivity contribution in [3.05, 3.63) is 50.4 Å². The molecule has 1 aliphatic rings. The van der Waals surface area contributed by atoms with Gasteiger partial charge in [-0.15, -0.1) is 0 Å². The smallest absolute Gasteiger partial charge is 0.166 e. The van der Waals surface area contributed by atoms with Gasteiger partial charge in [0.2, 0.25) is 0 Å². The molecule has 0 spiro atoms. The fraction of sp³-hybridized carbons (Fsp3) is 0.333. The Kier molecular flexibility index (Phi) is 3.43. The van der Waals surface area contributed by atoms with Crippen molar-refractivity contribution >= 4 is 28.4 Å². The van der Waals surface area contributed by atoms with Gasteiger partial charge in [0.15, 0.2) is 5.78 Å². The molecule has 1 aromatic carbocycles. The van der Waals surface area contributed by atoms with Crippen LogP contribution in [0.1, 0.15) is 40.2 Å². The van der Waals surface area contributed by atoms with Crippen LogP contribution in [0.3, 0.4) is 0 Å². The summed E-state index contributed by atoms with van der Waals surface area (Å²) in [5.74, 6) is 0.259. The average Bonchev–Trinajstić information content (AvgIpc) is 2.67. The van der Waals surface area contributed by atoms with Gasteiger partial charge in [0, 0.05) is 23.5 Å². The van der Waals surface area contributed by atoms with Crippen LogP contribution in [0.2, 0.25) is 0 Å². The summed E-state index contributed by atoms with van der Waals surface area (Å²) >= 11 is 2.31. The van der Waals surface area contributed by atoms with Crippen molar-refractivity contribution in [2.75, 3.05) is 0 Å². The van der Waals surface area contributed by atoms with E-state index in [9.17, 15) is 4.79 Å². The molecule has 98 valence electrons. The maximum Gasteiger partial charge on any atom is 0.166 e. The summed E-state index contributed by atoms with van der Waals surface area (Å²) in [5, 5.41) is 4.51. The molecule has 2 aromatic rings.